The molecule has 1 aromatic heterocycles. The molecule has 11 nitrogen and oxygen atoms in total. The lowest BCUT2D eigenvalue weighted by Crippen LogP contribution is -2.39. The minimum absolute atomic E-state index is 0.0222. The van der Waals surface area contributed by atoms with Gasteiger partial charge in [0.25, 0.3) is 0 Å². The molecule has 1 aliphatic rings. The summed E-state index contributed by atoms with van der Waals surface area (Å²) in [5.74, 6) is -3.52. The maximum Gasteiger partial charge on any atom is 0.335 e. The number of fused-ring (bicyclic) bond motifs is 1. The lowest BCUT2D eigenvalue weighted by atomic mass is 10.2. The summed E-state index contributed by atoms with van der Waals surface area (Å²) in [5.41, 5.74) is 1.94. The number of aliphatic imine (C=N–C) groups is 1. The molecule has 1 aliphatic heterocycles. The number of anilines is 1. The zero-order valence-corrected chi connectivity index (χ0v) is 14.9. The summed E-state index contributed by atoms with van der Waals surface area (Å²) in [7, 11) is 0. The molecular formula is C15H16BrN5O6. The van der Waals surface area contributed by atoms with Crippen LogP contribution in [0.15, 0.2) is 34.0 Å². The van der Waals surface area contributed by atoms with Gasteiger partial charge >= 0.3 is 11.9 Å². The monoisotopic (exact) mass is 445 g/mol. The minimum atomic E-state index is -2.33. The molecule has 0 bridgehead atoms. The quantitative estimate of drug-likeness (QED) is 0.364. The average molecular weight is 446 g/mol. The number of aromatic nitrogens is 2. The van der Waals surface area contributed by atoms with E-state index in [1.165, 1.54) is 0 Å². The molecule has 0 spiro atoms. The second-order valence-electron chi connectivity index (χ2n) is 4.86. The molecule has 0 amide bonds. The van der Waals surface area contributed by atoms with E-state index >= 15 is 0 Å². The third kappa shape index (κ3) is 5.32. The molecule has 12 heteroatoms. The number of hydrogen-bond donors (Lipinski definition) is 6. The molecule has 3 rings (SSSR count). The van der Waals surface area contributed by atoms with Gasteiger partial charge in [-0.25, -0.2) is 9.59 Å². The number of aliphatic carboxylic acids is 2. The molecule has 0 aliphatic carbocycles. The van der Waals surface area contributed by atoms with E-state index in [9.17, 15) is 9.59 Å². The van der Waals surface area contributed by atoms with E-state index in [1.54, 1.807) is 24.5 Å². The van der Waals surface area contributed by atoms with Crippen LogP contribution in [0, 0.1) is 0 Å². The smallest absolute Gasteiger partial charge is 0.335 e. The number of carboxylic acid groups (broad SMARTS) is 2. The highest BCUT2D eigenvalue weighted by Gasteiger charge is 2.29. The van der Waals surface area contributed by atoms with Crippen LogP contribution in [0.4, 0.5) is 5.69 Å². The van der Waals surface area contributed by atoms with E-state index < -0.39 is 37.1 Å². The largest absolute Gasteiger partial charge is 0.479 e. The van der Waals surface area contributed by atoms with Crippen molar-refractivity contribution < 1.29 is 35.5 Å². The van der Waals surface area contributed by atoms with Gasteiger partial charge in [-0.05, 0) is 28.1 Å². The van der Waals surface area contributed by atoms with Crippen molar-refractivity contribution in [3.8, 4) is 0 Å². The zero-order valence-electron chi connectivity index (χ0n) is 17.3. The molecular weight excluding hydrogens is 426 g/mol. The SMILES string of the molecule is O=C(O)[C@@H](O)[C@H](O)C(=O)O.[2H]C1([2H])N=C(Nc2ccc3nccnc3c2Br)NC1([2H])[2H]. The first-order valence-electron chi connectivity index (χ1n) is 9.13. The van der Waals surface area contributed by atoms with E-state index in [2.05, 4.69) is 41.5 Å². The Morgan fingerprint density at radius 2 is 1.81 bits per heavy atom. The van der Waals surface area contributed by atoms with Crippen molar-refractivity contribution in [1.29, 1.82) is 0 Å². The Hall–Kier alpha value is -2.83. The minimum Gasteiger partial charge on any atom is -0.479 e. The van der Waals surface area contributed by atoms with Crippen LogP contribution in [0.2, 0.25) is 0 Å². The fourth-order valence-corrected chi connectivity index (χ4v) is 2.29. The number of rotatable bonds is 4. The number of aliphatic hydroxyl groups excluding tert-OH is 2. The Bertz CT molecular complexity index is 1020. The van der Waals surface area contributed by atoms with Crippen molar-refractivity contribution in [3.05, 3.63) is 29.0 Å². The molecule has 0 radical (unpaired) electrons. The maximum atomic E-state index is 9.77. The Morgan fingerprint density at radius 1 is 1.19 bits per heavy atom. The highest BCUT2D eigenvalue weighted by atomic mass is 79.9. The van der Waals surface area contributed by atoms with Crippen LogP contribution in [-0.4, -0.2) is 73.5 Å². The highest BCUT2D eigenvalue weighted by molar-refractivity contribution is 9.10. The van der Waals surface area contributed by atoms with E-state index in [0.29, 0.717) is 21.2 Å². The van der Waals surface area contributed by atoms with Crippen molar-refractivity contribution in [2.75, 3.05) is 18.3 Å². The van der Waals surface area contributed by atoms with Gasteiger partial charge in [-0.1, -0.05) is 0 Å². The average Bonchev–Trinajstić information content (AvgIpc) is 2.89. The van der Waals surface area contributed by atoms with Crippen molar-refractivity contribution in [1.82, 2.24) is 15.3 Å². The van der Waals surface area contributed by atoms with Gasteiger partial charge in [-0.3, -0.25) is 15.0 Å². The molecule has 0 saturated heterocycles. The summed E-state index contributed by atoms with van der Waals surface area (Å²) in [5, 5.41) is 37.8. The fourth-order valence-electron chi connectivity index (χ4n) is 1.76. The van der Waals surface area contributed by atoms with Crippen LogP contribution < -0.4 is 10.6 Å². The molecule has 0 saturated carbocycles. The molecule has 0 unspecified atom stereocenters. The second kappa shape index (κ2) is 9.21. The first-order chi connectivity index (χ1) is 14.3. The number of halogens is 1. The summed E-state index contributed by atoms with van der Waals surface area (Å²) in [6.07, 6.45) is -1.37. The number of nitrogens with zero attached hydrogens (tertiary/aromatic N) is 3. The van der Waals surface area contributed by atoms with Crippen LogP contribution in [-0.2, 0) is 9.59 Å². The summed E-state index contributed by atoms with van der Waals surface area (Å²) in [6, 6.07) is 3.49. The number of hydrogen-bond acceptors (Lipinski definition) is 9. The normalized spacial score (nSPS) is 20.9. The van der Waals surface area contributed by atoms with E-state index in [1.807, 2.05) is 0 Å². The fraction of sp³-hybridized carbons (Fsp3) is 0.267. The lowest BCUT2D eigenvalue weighted by Gasteiger charge is -2.09. The number of guanidine groups is 1. The van der Waals surface area contributed by atoms with E-state index in [0.717, 1.165) is 0 Å². The molecule has 27 heavy (non-hydrogen) atoms. The number of carbonyl (C=O) groups is 2. The summed E-state index contributed by atoms with van der Waals surface area (Å²) in [6.45, 7) is -4.60. The standard InChI is InChI=1S/C11H10BrN5.C4H6O6/c12-9-7(17-11-15-5-6-16-11)1-2-8-10(9)14-4-3-13-8;5-1(3(7)8)2(6)4(9)10/h1-4H,5-6H2,(H2,15,16,17);1-2,5-6H,(H,7,8)(H,9,10)/t;1-,2-/m.0/s1/i5D2,6D2;. The number of benzene rings is 1. The van der Waals surface area contributed by atoms with Crippen LogP contribution in [0.1, 0.15) is 5.48 Å². The molecule has 2 heterocycles. The van der Waals surface area contributed by atoms with Crippen LogP contribution >= 0.6 is 15.9 Å². The predicted molar refractivity (Wildman–Crippen MR) is 98.5 cm³/mol. The van der Waals surface area contributed by atoms with Crippen LogP contribution in [0.3, 0.4) is 0 Å². The molecule has 144 valence electrons. The Morgan fingerprint density at radius 3 is 2.37 bits per heavy atom. The van der Waals surface area contributed by atoms with Gasteiger partial charge in [-0.2, -0.15) is 0 Å². The topological polar surface area (TPSA) is 177 Å². The Labute approximate surface area is 166 Å². The maximum absolute atomic E-state index is 9.77. The van der Waals surface area contributed by atoms with Crippen molar-refractivity contribution in [3.63, 3.8) is 0 Å². The van der Waals surface area contributed by atoms with Gasteiger partial charge < -0.3 is 31.1 Å². The van der Waals surface area contributed by atoms with Gasteiger partial charge in [0.05, 0.1) is 27.7 Å². The molecule has 0 fully saturated rings. The summed E-state index contributed by atoms with van der Waals surface area (Å²) < 4.78 is 30.8. The third-order valence-electron chi connectivity index (χ3n) is 3.04. The lowest BCUT2D eigenvalue weighted by molar-refractivity contribution is -0.165. The van der Waals surface area contributed by atoms with E-state index in [4.69, 9.17) is 25.9 Å². The number of nitrogens with one attached hydrogen (secondary N) is 2. The second-order valence-corrected chi connectivity index (χ2v) is 5.66. The van der Waals surface area contributed by atoms with Crippen molar-refractivity contribution in [2.45, 2.75) is 12.2 Å². The molecule has 1 aromatic carbocycles. The van der Waals surface area contributed by atoms with Gasteiger partial charge in [0.15, 0.2) is 18.2 Å². The first kappa shape index (κ1) is 15.2. The van der Waals surface area contributed by atoms with Crippen molar-refractivity contribution in [2.24, 2.45) is 4.99 Å². The third-order valence-corrected chi connectivity index (χ3v) is 3.84. The molecule has 6 N–H and O–H groups in total. The van der Waals surface area contributed by atoms with Gasteiger partial charge in [-0.15, -0.1) is 0 Å². The summed E-state index contributed by atoms with van der Waals surface area (Å²) in [4.78, 5) is 31.6. The Balaban J connectivity index is 0.000000291. The predicted octanol–water partition coefficient (Wildman–Crippen LogP) is -0.359. The summed E-state index contributed by atoms with van der Waals surface area (Å²) >= 11 is 3.41. The first-order valence-corrected chi connectivity index (χ1v) is 7.92. The van der Waals surface area contributed by atoms with Gasteiger partial charge in [0.1, 0.15) is 5.52 Å². The molecule has 2 aromatic rings. The zero-order chi connectivity index (χ0) is 23.6. The highest BCUT2D eigenvalue weighted by Crippen LogP contribution is 2.28. The number of carboxylic acids is 2. The Kier molecular flexibility index (Phi) is 5.20. The van der Waals surface area contributed by atoms with Crippen LogP contribution in [0.25, 0.3) is 11.0 Å². The van der Waals surface area contributed by atoms with Gasteiger partial charge in [0.2, 0.25) is 0 Å². The van der Waals surface area contributed by atoms with Crippen molar-refractivity contribution >= 4 is 50.5 Å². The molecule has 2 atom stereocenters. The van der Waals surface area contributed by atoms with Crippen LogP contribution in [0.5, 0.6) is 0 Å². The van der Waals surface area contributed by atoms with Gasteiger partial charge in [0, 0.05) is 18.9 Å². The number of aliphatic hydroxyl groups is 2. The van der Waals surface area contributed by atoms with E-state index in [-0.39, 0.29) is 5.96 Å².